The number of amides is 1. The van der Waals surface area contributed by atoms with Crippen LogP contribution in [-0.4, -0.2) is 37.2 Å². The number of nitrogens with zero attached hydrogens (tertiary/aromatic N) is 1. The number of nitro groups is 1. The second-order valence-electron chi connectivity index (χ2n) is 3.91. The van der Waals surface area contributed by atoms with E-state index in [9.17, 15) is 14.9 Å². The Kier molecular flexibility index (Phi) is 7.05. The van der Waals surface area contributed by atoms with E-state index in [2.05, 4.69) is 5.32 Å². The summed E-state index contributed by atoms with van der Waals surface area (Å²) in [7, 11) is 0. The number of hydrogen-bond donors (Lipinski definition) is 1. The first-order valence-corrected chi connectivity index (χ1v) is 6.35. The molecule has 1 amide bonds. The Balaban J connectivity index is 2.32. The van der Waals surface area contributed by atoms with Crippen molar-refractivity contribution in [1.82, 2.24) is 5.32 Å². The molecular formula is C13H18N2O5. The molecule has 0 atom stereocenters. The maximum Gasteiger partial charge on any atom is 0.310 e. The van der Waals surface area contributed by atoms with Crippen molar-refractivity contribution in [2.45, 2.75) is 13.3 Å². The van der Waals surface area contributed by atoms with Crippen molar-refractivity contribution in [3.8, 4) is 5.75 Å². The van der Waals surface area contributed by atoms with Gasteiger partial charge in [0.1, 0.15) is 0 Å². The molecule has 0 heterocycles. The third kappa shape index (κ3) is 5.66. The van der Waals surface area contributed by atoms with Crippen molar-refractivity contribution in [2.24, 2.45) is 0 Å². The van der Waals surface area contributed by atoms with Crippen molar-refractivity contribution >= 4 is 11.6 Å². The fourth-order valence-corrected chi connectivity index (χ4v) is 1.47. The van der Waals surface area contributed by atoms with Crippen LogP contribution in [0.5, 0.6) is 5.75 Å². The highest BCUT2D eigenvalue weighted by molar-refractivity contribution is 5.77. The van der Waals surface area contributed by atoms with Gasteiger partial charge < -0.3 is 14.8 Å². The van der Waals surface area contributed by atoms with E-state index in [1.165, 1.54) is 12.1 Å². The second kappa shape index (κ2) is 8.87. The van der Waals surface area contributed by atoms with Gasteiger partial charge in [-0.25, -0.2) is 0 Å². The first-order chi connectivity index (χ1) is 9.65. The molecule has 0 fully saturated rings. The number of carbonyl (C=O) groups excluding carboxylic acids is 1. The molecule has 0 spiro atoms. The SMILES string of the molecule is CCOCCCNC(=O)COc1ccccc1[N+](=O)[O-]. The van der Waals surface area contributed by atoms with E-state index >= 15 is 0 Å². The van der Waals surface area contributed by atoms with Crippen LogP contribution in [0.15, 0.2) is 24.3 Å². The molecule has 1 N–H and O–H groups in total. The highest BCUT2D eigenvalue weighted by Gasteiger charge is 2.14. The molecule has 1 rings (SSSR count). The van der Waals surface area contributed by atoms with Crippen molar-refractivity contribution in [3.63, 3.8) is 0 Å². The lowest BCUT2D eigenvalue weighted by atomic mass is 10.3. The number of benzene rings is 1. The third-order valence-electron chi connectivity index (χ3n) is 2.41. The second-order valence-corrected chi connectivity index (χ2v) is 3.91. The summed E-state index contributed by atoms with van der Waals surface area (Å²) in [6, 6.07) is 5.94. The van der Waals surface area contributed by atoms with Gasteiger partial charge in [0, 0.05) is 25.8 Å². The molecule has 20 heavy (non-hydrogen) atoms. The molecule has 1 aromatic carbocycles. The first kappa shape index (κ1) is 15.9. The van der Waals surface area contributed by atoms with Crippen molar-refractivity contribution in [3.05, 3.63) is 34.4 Å². The van der Waals surface area contributed by atoms with Gasteiger partial charge in [0.2, 0.25) is 0 Å². The minimum atomic E-state index is -0.546. The largest absolute Gasteiger partial charge is 0.477 e. The lowest BCUT2D eigenvalue weighted by Gasteiger charge is -2.07. The number of nitro benzene ring substituents is 1. The maximum absolute atomic E-state index is 11.5. The van der Waals surface area contributed by atoms with Crippen molar-refractivity contribution in [2.75, 3.05) is 26.4 Å². The van der Waals surface area contributed by atoms with Gasteiger partial charge in [-0.1, -0.05) is 12.1 Å². The Hall–Kier alpha value is -2.15. The quantitative estimate of drug-likeness (QED) is 0.421. The zero-order valence-corrected chi connectivity index (χ0v) is 11.3. The standard InChI is InChI=1S/C13H18N2O5/c1-2-19-9-5-8-14-13(16)10-20-12-7-4-3-6-11(12)15(17)18/h3-4,6-7H,2,5,8-10H2,1H3,(H,14,16). The molecule has 0 unspecified atom stereocenters. The average Bonchev–Trinajstić information content (AvgIpc) is 2.45. The number of carbonyl (C=O) groups is 1. The molecule has 0 radical (unpaired) electrons. The van der Waals surface area contributed by atoms with Gasteiger partial charge in [0.25, 0.3) is 5.91 Å². The van der Waals surface area contributed by atoms with E-state index in [-0.39, 0.29) is 24.0 Å². The van der Waals surface area contributed by atoms with Crippen LogP contribution in [0, 0.1) is 10.1 Å². The summed E-state index contributed by atoms with van der Waals surface area (Å²) in [5, 5.41) is 13.4. The number of ether oxygens (including phenoxy) is 2. The highest BCUT2D eigenvalue weighted by atomic mass is 16.6. The van der Waals surface area contributed by atoms with Crippen LogP contribution < -0.4 is 10.1 Å². The normalized spacial score (nSPS) is 10.1. The Morgan fingerprint density at radius 2 is 2.15 bits per heavy atom. The van der Waals surface area contributed by atoms with E-state index in [1.54, 1.807) is 12.1 Å². The predicted octanol–water partition coefficient (Wildman–Crippen LogP) is 1.52. The van der Waals surface area contributed by atoms with Gasteiger partial charge in [-0.05, 0) is 19.4 Å². The van der Waals surface area contributed by atoms with Gasteiger partial charge in [-0.3, -0.25) is 14.9 Å². The molecule has 7 nitrogen and oxygen atoms in total. The lowest BCUT2D eigenvalue weighted by Crippen LogP contribution is -2.30. The Morgan fingerprint density at radius 1 is 1.40 bits per heavy atom. The minimum absolute atomic E-state index is 0.0852. The summed E-state index contributed by atoms with van der Waals surface area (Å²) in [6.45, 7) is 3.37. The zero-order valence-electron chi connectivity index (χ0n) is 11.3. The van der Waals surface area contributed by atoms with Crippen LogP contribution in [0.1, 0.15) is 13.3 Å². The fraction of sp³-hybridized carbons (Fsp3) is 0.462. The smallest absolute Gasteiger partial charge is 0.310 e. The molecule has 0 aromatic heterocycles. The van der Waals surface area contributed by atoms with E-state index in [0.29, 0.717) is 26.2 Å². The van der Waals surface area contributed by atoms with Crippen molar-refractivity contribution in [1.29, 1.82) is 0 Å². The van der Waals surface area contributed by atoms with Crippen molar-refractivity contribution < 1.29 is 19.2 Å². The number of hydrogen-bond acceptors (Lipinski definition) is 5. The molecule has 0 saturated heterocycles. The molecular weight excluding hydrogens is 264 g/mol. The number of rotatable bonds is 9. The monoisotopic (exact) mass is 282 g/mol. The molecule has 0 saturated carbocycles. The Bertz CT molecular complexity index is 450. The molecule has 0 aliphatic carbocycles. The number of para-hydroxylation sites is 2. The molecule has 1 aromatic rings. The summed E-state index contributed by atoms with van der Waals surface area (Å²) in [6.07, 6.45) is 0.713. The zero-order chi connectivity index (χ0) is 14.8. The Labute approximate surface area is 117 Å². The third-order valence-corrected chi connectivity index (χ3v) is 2.41. The minimum Gasteiger partial charge on any atom is -0.477 e. The summed E-state index contributed by atoms with van der Waals surface area (Å²) < 4.78 is 10.3. The molecule has 0 aliphatic rings. The van der Waals surface area contributed by atoms with E-state index in [0.717, 1.165) is 0 Å². The molecule has 0 aliphatic heterocycles. The van der Waals surface area contributed by atoms with E-state index in [1.807, 2.05) is 6.92 Å². The number of nitrogens with one attached hydrogen (secondary N) is 1. The highest BCUT2D eigenvalue weighted by Crippen LogP contribution is 2.25. The van der Waals surface area contributed by atoms with Crippen LogP contribution in [0.2, 0.25) is 0 Å². The lowest BCUT2D eigenvalue weighted by molar-refractivity contribution is -0.385. The van der Waals surface area contributed by atoms with E-state index < -0.39 is 4.92 Å². The summed E-state index contributed by atoms with van der Waals surface area (Å²) in [4.78, 5) is 21.7. The van der Waals surface area contributed by atoms with Crippen LogP contribution in [0.4, 0.5) is 5.69 Å². The van der Waals surface area contributed by atoms with Gasteiger partial charge >= 0.3 is 5.69 Å². The van der Waals surface area contributed by atoms with Gasteiger partial charge in [0.15, 0.2) is 12.4 Å². The van der Waals surface area contributed by atoms with Crippen LogP contribution in [0.3, 0.4) is 0 Å². The first-order valence-electron chi connectivity index (χ1n) is 6.35. The molecule has 110 valence electrons. The van der Waals surface area contributed by atoms with Gasteiger partial charge in [0.05, 0.1) is 4.92 Å². The maximum atomic E-state index is 11.5. The van der Waals surface area contributed by atoms with Crippen LogP contribution in [-0.2, 0) is 9.53 Å². The predicted molar refractivity (Wildman–Crippen MR) is 72.7 cm³/mol. The van der Waals surface area contributed by atoms with E-state index in [4.69, 9.17) is 9.47 Å². The fourth-order valence-electron chi connectivity index (χ4n) is 1.47. The molecule has 7 heteroatoms. The van der Waals surface area contributed by atoms with Gasteiger partial charge in [-0.2, -0.15) is 0 Å². The summed E-state index contributed by atoms with van der Waals surface area (Å²) in [5.41, 5.74) is -0.156. The molecule has 0 bridgehead atoms. The Morgan fingerprint density at radius 3 is 2.85 bits per heavy atom. The van der Waals surface area contributed by atoms with Gasteiger partial charge in [-0.15, -0.1) is 0 Å². The van der Waals surface area contributed by atoms with Crippen LogP contribution >= 0.6 is 0 Å². The summed E-state index contributed by atoms with van der Waals surface area (Å²) in [5.74, 6) is -0.235. The average molecular weight is 282 g/mol. The topological polar surface area (TPSA) is 90.7 Å². The van der Waals surface area contributed by atoms with Crippen LogP contribution in [0.25, 0.3) is 0 Å². The summed E-state index contributed by atoms with van der Waals surface area (Å²) >= 11 is 0.